The fourth-order valence-electron chi connectivity index (χ4n) is 2.77. The highest BCUT2D eigenvalue weighted by Gasteiger charge is 2.43. The van der Waals surface area contributed by atoms with Crippen LogP contribution in [-0.4, -0.2) is 50.7 Å². The lowest BCUT2D eigenvalue weighted by Crippen LogP contribution is -2.61. The number of carbonyl (C=O) groups is 1. The van der Waals surface area contributed by atoms with Gasteiger partial charge >= 0.3 is 0 Å². The van der Waals surface area contributed by atoms with E-state index in [1.807, 2.05) is 4.90 Å². The third-order valence-electron chi connectivity index (χ3n) is 4.11. The Bertz CT molecular complexity index is 445. The maximum absolute atomic E-state index is 12.3. The molecule has 0 spiro atoms. The van der Waals surface area contributed by atoms with E-state index in [0.717, 1.165) is 44.9 Å². The topological polar surface area (TPSA) is 92.5 Å². The maximum atomic E-state index is 12.3. The highest BCUT2D eigenvalue weighted by Crippen LogP contribution is 2.32. The van der Waals surface area contributed by atoms with Crippen molar-refractivity contribution in [2.45, 2.75) is 37.6 Å². The van der Waals surface area contributed by atoms with Crippen molar-refractivity contribution in [3.63, 3.8) is 0 Å². The SMILES string of the molecule is CS(=O)(=O)NCC1CCCN(C(=O)C2(N)CCC2)C1. The van der Waals surface area contributed by atoms with E-state index < -0.39 is 15.6 Å². The van der Waals surface area contributed by atoms with Gasteiger partial charge in [-0.3, -0.25) is 4.79 Å². The van der Waals surface area contributed by atoms with Gasteiger partial charge in [0.05, 0.1) is 11.8 Å². The molecule has 19 heavy (non-hydrogen) atoms. The molecule has 1 saturated heterocycles. The number of rotatable bonds is 4. The number of nitrogens with one attached hydrogen (secondary N) is 1. The van der Waals surface area contributed by atoms with E-state index in [0.29, 0.717) is 13.1 Å². The van der Waals surface area contributed by atoms with Crippen LogP contribution in [0.3, 0.4) is 0 Å². The number of amides is 1. The molecule has 0 aromatic rings. The molecule has 1 aliphatic heterocycles. The summed E-state index contributed by atoms with van der Waals surface area (Å²) in [6, 6.07) is 0. The normalized spacial score (nSPS) is 26.8. The zero-order valence-electron chi connectivity index (χ0n) is 11.4. The van der Waals surface area contributed by atoms with E-state index in [2.05, 4.69) is 4.72 Å². The molecule has 1 heterocycles. The predicted octanol–water partition coefficient (Wildman–Crippen LogP) is -0.344. The predicted molar refractivity (Wildman–Crippen MR) is 72.9 cm³/mol. The van der Waals surface area contributed by atoms with Crippen LogP contribution >= 0.6 is 0 Å². The first-order chi connectivity index (χ1) is 8.80. The van der Waals surface area contributed by atoms with Gasteiger partial charge < -0.3 is 10.6 Å². The summed E-state index contributed by atoms with van der Waals surface area (Å²) in [5.74, 6) is 0.235. The summed E-state index contributed by atoms with van der Waals surface area (Å²) in [5.41, 5.74) is 5.42. The molecular formula is C12H23N3O3S. The largest absolute Gasteiger partial charge is 0.341 e. The molecule has 7 heteroatoms. The van der Waals surface area contributed by atoms with Crippen molar-refractivity contribution in [3.8, 4) is 0 Å². The van der Waals surface area contributed by atoms with Crippen molar-refractivity contribution in [2.24, 2.45) is 11.7 Å². The van der Waals surface area contributed by atoms with Crippen molar-refractivity contribution < 1.29 is 13.2 Å². The van der Waals surface area contributed by atoms with Gasteiger partial charge in [0.1, 0.15) is 0 Å². The first-order valence-electron chi connectivity index (χ1n) is 6.83. The summed E-state index contributed by atoms with van der Waals surface area (Å²) < 4.78 is 24.7. The second kappa shape index (κ2) is 5.38. The van der Waals surface area contributed by atoms with Crippen molar-refractivity contribution in [1.29, 1.82) is 0 Å². The molecule has 2 rings (SSSR count). The highest BCUT2D eigenvalue weighted by molar-refractivity contribution is 7.88. The summed E-state index contributed by atoms with van der Waals surface area (Å²) in [4.78, 5) is 14.1. The Morgan fingerprint density at radius 3 is 2.63 bits per heavy atom. The number of piperidine rings is 1. The number of carbonyl (C=O) groups excluding carboxylic acids is 1. The van der Waals surface area contributed by atoms with Crippen LogP contribution in [0.25, 0.3) is 0 Å². The van der Waals surface area contributed by atoms with Gasteiger partial charge in [0.15, 0.2) is 0 Å². The standard InChI is InChI=1S/C12H23N3O3S/c1-19(17,18)14-8-10-4-2-7-15(9-10)11(16)12(13)5-3-6-12/h10,14H,2-9,13H2,1H3. The molecule has 1 saturated carbocycles. The van der Waals surface area contributed by atoms with Crippen molar-refractivity contribution in [2.75, 3.05) is 25.9 Å². The van der Waals surface area contributed by atoms with Gasteiger partial charge in [-0.05, 0) is 38.0 Å². The molecule has 1 aliphatic carbocycles. The Hall–Kier alpha value is -0.660. The highest BCUT2D eigenvalue weighted by atomic mass is 32.2. The lowest BCUT2D eigenvalue weighted by atomic mass is 9.76. The molecular weight excluding hydrogens is 266 g/mol. The number of hydrogen-bond acceptors (Lipinski definition) is 4. The second-order valence-corrected chi connectivity index (χ2v) is 7.72. The molecule has 2 fully saturated rings. The zero-order chi connectivity index (χ0) is 14.1. The Balaban J connectivity index is 1.88. The second-order valence-electron chi connectivity index (χ2n) is 5.89. The lowest BCUT2D eigenvalue weighted by molar-refractivity contribution is -0.142. The Morgan fingerprint density at radius 2 is 2.11 bits per heavy atom. The van der Waals surface area contributed by atoms with Crippen LogP contribution < -0.4 is 10.5 Å². The van der Waals surface area contributed by atoms with Crippen LogP contribution in [0.15, 0.2) is 0 Å². The van der Waals surface area contributed by atoms with Gasteiger partial charge in [-0.25, -0.2) is 13.1 Å². The summed E-state index contributed by atoms with van der Waals surface area (Å²) >= 11 is 0. The van der Waals surface area contributed by atoms with Crippen LogP contribution in [0.5, 0.6) is 0 Å². The average Bonchev–Trinajstić information content (AvgIpc) is 2.32. The molecule has 0 aromatic carbocycles. The minimum absolute atomic E-state index is 0.0443. The van der Waals surface area contributed by atoms with E-state index in [1.54, 1.807) is 0 Å². The van der Waals surface area contributed by atoms with E-state index in [9.17, 15) is 13.2 Å². The molecule has 3 N–H and O–H groups in total. The first-order valence-corrected chi connectivity index (χ1v) is 8.72. The first kappa shape index (κ1) is 14.7. The Kier molecular flexibility index (Phi) is 4.17. The number of likely N-dealkylation sites (tertiary alicyclic amines) is 1. The number of sulfonamides is 1. The molecule has 110 valence electrons. The fourth-order valence-corrected chi connectivity index (χ4v) is 3.31. The van der Waals surface area contributed by atoms with Crippen molar-refractivity contribution in [3.05, 3.63) is 0 Å². The monoisotopic (exact) mass is 289 g/mol. The molecule has 0 radical (unpaired) electrons. The maximum Gasteiger partial charge on any atom is 0.242 e. The molecule has 6 nitrogen and oxygen atoms in total. The van der Waals surface area contributed by atoms with Crippen molar-refractivity contribution in [1.82, 2.24) is 9.62 Å². The van der Waals surface area contributed by atoms with Gasteiger partial charge in [0.25, 0.3) is 0 Å². The third-order valence-corrected chi connectivity index (χ3v) is 4.80. The number of nitrogens with two attached hydrogens (primary N) is 1. The molecule has 1 unspecified atom stereocenters. The quantitative estimate of drug-likeness (QED) is 0.740. The van der Waals surface area contributed by atoms with Crippen LogP contribution in [0.4, 0.5) is 0 Å². The summed E-state index contributed by atoms with van der Waals surface area (Å²) in [6.07, 6.45) is 5.59. The number of nitrogens with zero attached hydrogens (tertiary/aromatic N) is 1. The van der Waals surface area contributed by atoms with Crippen molar-refractivity contribution >= 4 is 15.9 Å². The van der Waals surface area contributed by atoms with Gasteiger partial charge in [0.2, 0.25) is 15.9 Å². The van der Waals surface area contributed by atoms with Gasteiger partial charge in [-0.1, -0.05) is 0 Å². The van der Waals surface area contributed by atoms with E-state index in [1.165, 1.54) is 0 Å². The third kappa shape index (κ3) is 3.67. The van der Waals surface area contributed by atoms with E-state index in [4.69, 9.17) is 5.73 Å². The lowest BCUT2D eigenvalue weighted by Gasteiger charge is -2.43. The minimum atomic E-state index is -3.16. The average molecular weight is 289 g/mol. The van der Waals surface area contributed by atoms with Gasteiger partial charge in [-0.15, -0.1) is 0 Å². The van der Waals surface area contributed by atoms with Gasteiger partial charge in [-0.2, -0.15) is 0 Å². The van der Waals surface area contributed by atoms with E-state index in [-0.39, 0.29) is 11.8 Å². The zero-order valence-corrected chi connectivity index (χ0v) is 12.2. The number of hydrogen-bond donors (Lipinski definition) is 2. The molecule has 0 bridgehead atoms. The Morgan fingerprint density at radius 1 is 1.42 bits per heavy atom. The molecule has 2 aliphatic rings. The summed E-state index contributed by atoms with van der Waals surface area (Å²) in [6.45, 7) is 1.76. The smallest absolute Gasteiger partial charge is 0.242 e. The van der Waals surface area contributed by atoms with E-state index >= 15 is 0 Å². The Labute approximate surface area is 114 Å². The summed E-state index contributed by atoms with van der Waals surface area (Å²) in [7, 11) is -3.16. The minimum Gasteiger partial charge on any atom is -0.341 e. The van der Waals surface area contributed by atoms with Crippen LogP contribution in [0, 0.1) is 5.92 Å². The molecule has 0 aromatic heterocycles. The molecule has 1 amide bonds. The van der Waals surface area contributed by atoms with Crippen LogP contribution in [0.2, 0.25) is 0 Å². The fraction of sp³-hybridized carbons (Fsp3) is 0.917. The summed E-state index contributed by atoms with van der Waals surface area (Å²) in [5, 5.41) is 0. The van der Waals surface area contributed by atoms with Crippen LogP contribution in [0.1, 0.15) is 32.1 Å². The van der Waals surface area contributed by atoms with Crippen LogP contribution in [-0.2, 0) is 14.8 Å². The van der Waals surface area contributed by atoms with Gasteiger partial charge in [0, 0.05) is 19.6 Å². The molecule has 1 atom stereocenters.